The average Bonchev–Trinajstić information content (AvgIpc) is 2.82. The standard InChI is InChI=1S/C24H23NO5/c25-19(14-26)24-17(15-4-6-20-22(12-15)29-10-8-27-20)2-1-3-18(24)16-5-7-21-23(13-16)30-11-9-28-21/h1-7,12-13,19,26H,8-11,14,25H2. The average molecular weight is 405 g/mol. The third-order valence-corrected chi connectivity index (χ3v) is 5.38. The molecule has 1 unspecified atom stereocenters. The van der Waals surface area contributed by atoms with Gasteiger partial charge in [0.15, 0.2) is 23.0 Å². The SMILES string of the molecule is NC(CO)c1c(-c2ccc3c(c2)OCCO3)cccc1-c1ccc2c(c1)OCCO2. The molecule has 1 atom stereocenters. The minimum atomic E-state index is -0.544. The highest BCUT2D eigenvalue weighted by Gasteiger charge is 2.21. The van der Waals surface area contributed by atoms with Gasteiger partial charge in [0, 0.05) is 0 Å². The van der Waals surface area contributed by atoms with E-state index in [1.165, 1.54) is 0 Å². The third kappa shape index (κ3) is 3.34. The van der Waals surface area contributed by atoms with Crippen molar-refractivity contribution in [3.8, 4) is 45.3 Å². The second-order valence-corrected chi connectivity index (χ2v) is 7.27. The van der Waals surface area contributed by atoms with Crippen molar-refractivity contribution < 1.29 is 24.1 Å². The Balaban J connectivity index is 1.65. The lowest BCUT2D eigenvalue weighted by molar-refractivity contribution is 0.171. The van der Waals surface area contributed by atoms with Crippen molar-refractivity contribution in [1.82, 2.24) is 0 Å². The summed E-state index contributed by atoms with van der Waals surface area (Å²) in [6.07, 6.45) is 0. The van der Waals surface area contributed by atoms with Crippen LogP contribution in [0.3, 0.4) is 0 Å². The first-order valence-corrected chi connectivity index (χ1v) is 10.0. The van der Waals surface area contributed by atoms with Gasteiger partial charge in [0.1, 0.15) is 26.4 Å². The van der Waals surface area contributed by atoms with Crippen LogP contribution in [0.1, 0.15) is 11.6 Å². The van der Waals surface area contributed by atoms with E-state index in [1.54, 1.807) is 0 Å². The lowest BCUT2D eigenvalue weighted by atomic mass is 9.88. The molecule has 6 nitrogen and oxygen atoms in total. The Bertz CT molecular complexity index is 1000. The van der Waals surface area contributed by atoms with E-state index in [9.17, 15) is 5.11 Å². The minimum Gasteiger partial charge on any atom is -0.486 e. The Labute approximate surface area is 174 Å². The molecule has 0 radical (unpaired) electrons. The molecule has 2 aliphatic rings. The number of rotatable bonds is 4. The zero-order valence-electron chi connectivity index (χ0n) is 16.5. The molecule has 6 heteroatoms. The van der Waals surface area contributed by atoms with Crippen molar-refractivity contribution >= 4 is 0 Å². The number of aliphatic hydroxyl groups excluding tert-OH is 1. The monoisotopic (exact) mass is 405 g/mol. The quantitative estimate of drug-likeness (QED) is 0.691. The number of aliphatic hydroxyl groups is 1. The van der Waals surface area contributed by atoms with Crippen LogP contribution in [0.25, 0.3) is 22.3 Å². The van der Waals surface area contributed by atoms with Gasteiger partial charge >= 0.3 is 0 Å². The molecule has 0 amide bonds. The topological polar surface area (TPSA) is 83.2 Å². The number of benzene rings is 3. The van der Waals surface area contributed by atoms with Crippen molar-refractivity contribution in [2.24, 2.45) is 5.73 Å². The van der Waals surface area contributed by atoms with Crippen molar-refractivity contribution in [3.05, 3.63) is 60.2 Å². The summed E-state index contributed by atoms with van der Waals surface area (Å²) in [5.74, 6) is 2.90. The number of hydrogen-bond acceptors (Lipinski definition) is 6. The normalized spacial score (nSPS) is 15.5. The number of hydrogen-bond donors (Lipinski definition) is 2. The molecular formula is C24H23NO5. The van der Waals surface area contributed by atoms with Gasteiger partial charge in [0.25, 0.3) is 0 Å². The first-order valence-electron chi connectivity index (χ1n) is 10.0. The molecule has 0 saturated carbocycles. The maximum Gasteiger partial charge on any atom is 0.161 e. The van der Waals surface area contributed by atoms with Gasteiger partial charge in [-0.3, -0.25) is 0 Å². The van der Waals surface area contributed by atoms with Crippen molar-refractivity contribution in [2.75, 3.05) is 33.0 Å². The zero-order chi connectivity index (χ0) is 20.5. The van der Waals surface area contributed by atoms with E-state index in [0.29, 0.717) is 37.9 Å². The molecule has 0 aromatic heterocycles. The summed E-state index contributed by atoms with van der Waals surface area (Å²) in [6.45, 7) is 1.98. The Morgan fingerprint density at radius 1 is 0.700 bits per heavy atom. The van der Waals surface area contributed by atoms with Crippen LogP contribution in [0.5, 0.6) is 23.0 Å². The van der Waals surface area contributed by atoms with Crippen LogP contribution in [0, 0.1) is 0 Å². The van der Waals surface area contributed by atoms with Gasteiger partial charge in [0.05, 0.1) is 12.6 Å². The van der Waals surface area contributed by atoms with Gasteiger partial charge in [-0.15, -0.1) is 0 Å². The Hall–Kier alpha value is -3.22. The second-order valence-electron chi connectivity index (χ2n) is 7.27. The van der Waals surface area contributed by atoms with Crippen LogP contribution in [0.2, 0.25) is 0 Å². The smallest absolute Gasteiger partial charge is 0.161 e. The van der Waals surface area contributed by atoms with E-state index in [2.05, 4.69) is 0 Å². The maximum absolute atomic E-state index is 9.90. The fourth-order valence-corrected chi connectivity index (χ4v) is 3.98. The van der Waals surface area contributed by atoms with Crippen LogP contribution < -0.4 is 24.7 Å². The van der Waals surface area contributed by atoms with Gasteiger partial charge in [-0.1, -0.05) is 30.3 Å². The van der Waals surface area contributed by atoms with Gasteiger partial charge in [0.2, 0.25) is 0 Å². The zero-order valence-corrected chi connectivity index (χ0v) is 16.5. The molecule has 3 aromatic rings. The summed E-state index contributed by atoms with van der Waals surface area (Å²) >= 11 is 0. The predicted octanol–water partition coefficient (Wildman–Crippen LogP) is 3.56. The van der Waals surface area contributed by atoms with Crippen molar-refractivity contribution in [1.29, 1.82) is 0 Å². The van der Waals surface area contributed by atoms with Crippen LogP contribution in [0.15, 0.2) is 54.6 Å². The fraction of sp³-hybridized carbons (Fsp3) is 0.250. The minimum absolute atomic E-state index is 0.168. The lowest BCUT2D eigenvalue weighted by Crippen LogP contribution is -2.17. The van der Waals surface area contributed by atoms with Crippen LogP contribution in [0.4, 0.5) is 0 Å². The summed E-state index contributed by atoms with van der Waals surface area (Å²) in [4.78, 5) is 0. The Morgan fingerprint density at radius 3 is 1.63 bits per heavy atom. The number of nitrogens with two attached hydrogens (primary N) is 1. The predicted molar refractivity (Wildman–Crippen MR) is 113 cm³/mol. The van der Waals surface area contributed by atoms with Gasteiger partial charge < -0.3 is 29.8 Å². The molecule has 0 bridgehead atoms. The number of ether oxygens (including phenoxy) is 4. The molecular weight excluding hydrogens is 382 g/mol. The van der Waals surface area contributed by atoms with E-state index < -0.39 is 6.04 Å². The summed E-state index contributed by atoms with van der Waals surface area (Å²) < 4.78 is 22.8. The third-order valence-electron chi connectivity index (χ3n) is 5.38. The highest BCUT2D eigenvalue weighted by Crippen LogP contribution is 2.42. The van der Waals surface area contributed by atoms with E-state index >= 15 is 0 Å². The first kappa shape index (κ1) is 18.8. The highest BCUT2D eigenvalue weighted by molar-refractivity contribution is 5.81. The molecule has 3 aromatic carbocycles. The molecule has 0 saturated heterocycles. The summed E-state index contributed by atoms with van der Waals surface area (Å²) in [6, 6.07) is 17.2. The van der Waals surface area contributed by atoms with Crippen molar-refractivity contribution in [3.63, 3.8) is 0 Å². The summed E-state index contributed by atoms with van der Waals surface area (Å²) in [7, 11) is 0. The van der Waals surface area contributed by atoms with E-state index in [1.807, 2.05) is 54.6 Å². The molecule has 2 aliphatic heterocycles. The van der Waals surface area contributed by atoms with Crippen LogP contribution in [-0.4, -0.2) is 38.1 Å². The maximum atomic E-state index is 9.90. The second kappa shape index (κ2) is 7.89. The molecule has 154 valence electrons. The van der Waals surface area contributed by atoms with Gasteiger partial charge in [-0.05, 0) is 52.1 Å². The van der Waals surface area contributed by atoms with Gasteiger partial charge in [-0.2, -0.15) is 0 Å². The molecule has 3 N–H and O–H groups in total. The molecule has 5 rings (SSSR count). The van der Waals surface area contributed by atoms with Crippen molar-refractivity contribution in [2.45, 2.75) is 6.04 Å². The largest absolute Gasteiger partial charge is 0.486 e. The lowest BCUT2D eigenvalue weighted by Gasteiger charge is -2.23. The summed E-state index contributed by atoms with van der Waals surface area (Å²) in [5, 5.41) is 9.90. The first-order chi connectivity index (χ1) is 14.7. The van der Waals surface area contributed by atoms with Gasteiger partial charge in [-0.25, -0.2) is 0 Å². The van der Waals surface area contributed by atoms with E-state index in [0.717, 1.165) is 39.3 Å². The van der Waals surface area contributed by atoms with Crippen LogP contribution >= 0.6 is 0 Å². The number of fused-ring (bicyclic) bond motifs is 2. The highest BCUT2D eigenvalue weighted by atomic mass is 16.6. The summed E-state index contributed by atoms with van der Waals surface area (Å²) in [5.41, 5.74) is 11.1. The fourth-order valence-electron chi connectivity index (χ4n) is 3.98. The molecule has 30 heavy (non-hydrogen) atoms. The van der Waals surface area contributed by atoms with E-state index in [4.69, 9.17) is 24.7 Å². The molecule has 2 heterocycles. The van der Waals surface area contributed by atoms with Crippen LogP contribution in [-0.2, 0) is 0 Å². The molecule has 0 fully saturated rings. The molecule has 0 spiro atoms. The Morgan fingerprint density at radius 2 is 1.17 bits per heavy atom. The van der Waals surface area contributed by atoms with E-state index in [-0.39, 0.29) is 6.61 Å². The molecule has 0 aliphatic carbocycles. The Kier molecular flexibility index (Phi) is 4.94.